The second-order valence-electron chi connectivity index (χ2n) is 3.68. The topological polar surface area (TPSA) is 39.1 Å². The van der Waals surface area contributed by atoms with Gasteiger partial charge in [-0.2, -0.15) is 5.26 Å². The van der Waals surface area contributed by atoms with Crippen molar-refractivity contribution in [1.82, 2.24) is 10.2 Å². The molecule has 0 aliphatic carbocycles. The Morgan fingerprint density at radius 3 is 2.71 bits per heavy atom. The third-order valence-corrected chi connectivity index (χ3v) is 4.64. The maximum atomic E-state index is 9.16. The zero-order valence-corrected chi connectivity index (χ0v) is 12.6. The molecule has 0 amide bonds. The third kappa shape index (κ3) is 4.40. The molecule has 0 radical (unpaired) electrons. The first-order chi connectivity index (χ1) is 8.22. The molecule has 0 fully saturated rings. The van der Waals surface area contributed by atoms with Gasteiger partial charge in [0.05, 0.1) is 10.9 Å². The van der Waals surface area contributed by atoms with Crippen molar-refractivity contribution in [3.05, 3.63) is 20.8 Å². The van der Waals surface area contributed by atoms with E-state index in [-0.39, 0.29) is 6.04 Å². The molecule has 0 aliphatic heterocycles. The maximum absolute atomic E-state index is 9.16. The van der Waals surface area contributed by atoms with Crippen molar-refractivity contribution < 1.29 is 0 Å². The Hall–Kier alpha value is -0.410. The van der Waals surface area contributed by atoms with Gasteiger partial charge in [-0.25, -0.2) is 0 Å². The quantitative estimate of drug-likeness (QED) is 0.840. The van der Waals surface area contributed by atoms with Crippen LogP contribution in [0.15, 0.2) is 15.9 Å². The number of hydrogen-bond acceptors (Lipinski definition) is 4. The van der Waals surface area contributed by atoms with Crippen molar-refractivity contribution in [3.8, 4) is 6.07 Å². The highest BCUT2D eigenvalue weighted by atomic mass is 79.9. The first-order valence-corrected chi connectivity index (χ1v) is 7.48. The summed E-state index contributed by atoms with van der Waals surface area (Å²) in [7, 11) is 0. The van der Waals surface area contributed by atoms with Gasteiger partial charge in [-0.05, 0) is 40.5 Å². The molecule has 1 unspecified atom stereocenters. The van der Waals surface area contributed by atoms with Crippen LogP contribution in [0, 0.1) is 11.3 Å². The number of nitrogens with one attached hydrogen (secondary N) is 1. The largest absolute Gasteiger partial charge is 0.303 e. The average Bonchev–Trinajstić information content (AvgIpc) is 2.76. The summed E-state index contributed by atoms with van der Waals surface area (Å²) in [6, 6.07) is 4.08. The number of nitrogens with zero attached hydrogens (tertiary/aromatic N) is 2. The zero-order valence-electron chi connectivity index (χ0n) is 10.2. The van der Waals surface area contributed by atoms with Crippen LogP contribution in [0.25, 0.3) is 0 Å². The molecule has 5 heteroatoms. The van der Waals surface area contributed by atoms with E-state index < -0.39 is 0 Å². The van der Waals surface area contributed by atoms with Crippen LogP contribution in [-0.4, -0.2) is 31.1 Å². The summed E-state index contributed by atoms with van der Waals surface area (Å²) in [4.78, 5) is 3.40. The van der Waals surface area contributed by atoms with Crippen LogP contribution in [0.5, 0.6) is 0 Å². The standard InChI is InChI=1S/C12H18BrN3S/c1-3-16(4-2)7-6-15-11(9-14)12-10(13)5-8-17-12/h5,8,11,15H,3-4,6-7H2,1-2H3. The molecule has 1 atom stereocenters. The van der Waals surface area contributed by atoms with E-state index in [4.69, 9.17) is 5.26 Å². The minimum Gasteiger partial charge on any atom is -0.303 e. The second kappa shape index (κ2) is 7.83. The molecule has 0 bridgehead atoms. The van der Waals surface area contributed by atoms with Crippen molar-refractivity contribution in [2.24, 2.45) is 0 Å². The molecule has 0 spiro atoms. The third-order valence-electron chi connectivity index (χ3n) is 2.71. The molecule has 3 nitrogen and oxygen atoms in total. The van der Waals surface area contributed by atoms with Crippen LogP contribution in [0.1, 0.15) is 24.8 Å². The molecular weight excluding hydrogens is 298 g/mol. The summed E-state index contributed by atoms with van der Waals surface area (Å²) in [6.45, 7) is 8.23. The summed E-state index contributed by atoms with van der Waals surface area (Å²) in [5.74, 6) is 0. The van der Waals surface area contributed by atoms with E-state index in [0.717, 1.165) is 35.5 Å². The number of hydrogen-bond donors (Lipinski definition) is 1. The van der Waals surface area contributed by atoms with E-state index in [9.17, 15) is 0 Å². The molecule has 1 heterocycles. The van der Waals surface area contributed by atoms with Gasteiger partial charge in [-0.1, -0.05) is 13.8 Å². The predicted octanol–water partition coefficient (Wildman–Crippen LogP) is 3.01. The Labute approximate surface area is 116 Å². The molecule has 0 saturated heterocycles. The lowest BCUT2D eigenvalue weighted by molar-refractivity contribution is 0.300. The smallest absolute Gasteiger partial charge is 0.131 e. The highest BCUT2D eigenvalue weighted by Gasteiger charge is 2.14. The number of thiophene rings is 1. The van der Waals surface area contributed by atoms with Crippen LogP contribution in [0.4, 0.5) is 0 Å². The SMILES string of the molecule is CCN(CC)CCNC(C#N)c1sccc1Br. The van der Waals surface area contributed by atoms with E-state index in [1.807, 2.05) is 11.4 Å². The highest BCUT2D eigenvalue weighted by Crippen LogP contribution is 2.28. The van der Waals surface area contributed by atoms with Crippen LogP contribution >= 0.6 is 27.3 Å². The van der Waals surface area contributed by atoms with Crippen LogP contribution in [-0.2, 0) is 0 Å². The lowest BCUT2D eigenvalue weighted by Gasteiger charge is -2.19. The molecule has 17 heavy (non-hydrogen) atoms. The summed E-state index contributed by atoms with van der Waals surface area (Å²) < 4.78 is 1.02. The zero-order chi connectivity index (χ0) is 12.7. The van der Waals surface area contributed by atoms with Crippen LogP contribution in [0.3, 0.4) is 0 Å². The van der Waals surface area contributed by atoms with E-state index in [1.54, 1.807) is 11.3 Å². The minimum absolute atomic E-state index is 0.208. The predicted molar refractivity (Wildman–Crippen MR) is 76.2 cm³/mol. The fourth-order valence-electron chi connectivity index (χ4n) is 1.62. The van der Waals surface area contributed by atoms with Gasteiger partial charge in [-0.15, -0.1) is 11.3 Å². The molecule has 1 aromatic rings. The number of nitriles is 1. The molecule has 0 aromatic carbocycles. The van der Waals surface area contributed by atoms with Crippen molar-refractivity contribution >= 4 is 27.3 Å². The number of halogens is 1. The Morgan fingerprint density at radius 1 is 1.53 bits per heavy atom. The Kier molecular flexibility index (Phi) is 6.75. The minimum atomic E-state index is -0.208. The second-order valence-corrected chi connectivity index (χ2v) is 5.48. The van der Waals surface area contributed by atoms with Crippen molar-refractivity contribution in [3.63, 3.8) is 0 Å². The van der Waals surface area contributed by atoms with Gasteiger partial charge in [-0.3, -0.25) is 5.32 Å². The first-order valence-electron chi connectivity index (χ1n) is 5.81. The molecule has 0 aliphatic rings. The molecule has 1 rings (SSSR count). The van der Waals surface area contributed by atoms with Crippen LogP contribution < -0.4 is 5.32 Å². The van der Waals surface area contributed by atoms with Crippen molar-refractivity contribution in [2.45, 2.75) is 19.9 Å². The molecule has 1 N–H and O–H groups in total. The Balaban J connectivity index is 2.44. The molecule has 94 valence electrons. The Bertz CT molecular complexity index is 368. The number of rotatable bonds is 7. The maximum Gasteiger partial charge on any atom is 0.131 e. The van der Waals surface area contributed by atoms with E-state index in [1.165, 1.54) is 0 Å². The average molecular weight is 316 g/mol. The highest BCUT2D eigenvalue weighted by molar-refractivity contribution is 9.10. The van der Waals surface area contributed by atoms with Gasteiger partial charge in [0.2, 0.25) is 0 Å². The summed E-state index contributed by atoms with van der Waals surface area (Å²) in [6.07, 6.45) is 0. The van der Waals surface area contributed by atoms with Gasteiger partial charge in [0.15, 0.2) is 0 Å². The summed E-state index contributed by atoms with van der Waals surface area (Å²) >= 11 is 5.07. The van der Waals surface area contributed by atoms with Gasteiger partial charge in [0, 0.05) is 17.6 Å². The monoisotopic (exact) mass is 315 g/mol. The summed E-state index contributed by atoms with van der Waals surface area (Å²) in [5, 5.41) is 14.4. The lowest BCUT2D eigenvalue weighted by Crippen LogP contribution is -2.33. The van der Waals surface area contributed by atoms with Crippen molar-refractivity contribution in [1.29, 1.82) is 5.26 Å². The molecule has 0 saturated carbocycles. The fraction of sp³-hybridized carbons (Fsp3) is 0.583. The fourth-order valence-corrected chi connectivity index (χ4v) is 3.24. The van der Waals surface area contributed by atoms with Gasteiger partial charge < -0.3 is 4.90 Å². The molecular formula is C12H18BrN3S. The first kappa shape index (κ1) is 14.7. The number of likely N-dealkylation sites (N-methyl/N-ethyl adjacent to an activating group) is 1. The van der Waals surface area contributed by atoms with E-state index in [2.05, 4.69) is 46.1 Å². The van der Waals surface area contributed by atoms with Crippen LogP contribution in [0.2, 0.25) is 0 Å². The van der Waals surface area contributed by atoms with Crippen molar-refractivity contribution in [2.75, 3.05) is 26.2 Å². The van der Waals surface area contributed by atoms with E-state index >= 15 is 0 Å². The lowest BCUT2D eigenvalue weighted by atomic mass is 10.2. The normalized spacial score (nSPS) is 12.6. The molecule has 1 aromatic heterocycles. The summed E-state index contributed by atoms with van der Waals surface area (Å²) in [5.41, 5.74) is 0. The Morgan fingerprint density at radius 2 is 2.24 bits per heavy atom. The van der Waals surface area contributed by atoms with Gasteiger partial charge in [0.25, 0.3) is 0 Å². The van der Waals surface area contributed by atoms with E-state index in [0.29, 0.717) is 0 Å². The van der Waals surface area contributed by atoms with Gasteiger partial charge >= 0.3 is 0 Å². The van der Waals surface area contributed by atoms with Gasteiger partial charge in [0.1, 0.15) is 6.04 Å².